The first-order chi connectivity index (χ1) is 11.3. The fourth-order valence-corrected chi connectivity index (χ4v) is 4.63. The smallest absolute Gasteiger partial charge is 0.122 e. The van der Waals surface area contributed by atoms with E-state index in [1.807, 2.05) is 6.07 Å². The molecule has 1 atom stereocenters. The van der Waals surface area contributed by atoms with Gasteiger partial charge < -0.3 is 14.8 Å². The molecule has 2 fully saturated rings. The van der Waals surface area contributed by atoms with Crippen LogP contribution in [0.2, 0.25) is 0 Å². The molecule has 0 radical (unpaired) electrons. The molecule has 3 rings (SSSR count). The molecule has 5 heteroatoms. The normalized spacial score (nSPS) is 23.1. The summed E-state index contributed by atoms with van der Waals surface area (Å²) in [6.45, 7) is 3.27. The predicted molar refractivity (Wildman–Crippen MR) is 96.7 cm³/mol. The Morgan fingerprint density at radius 1 is 1.04 bits per heavy atom. The number of hydrogen-bond acceptors (Lipinski definition) is 5. The minimum atomic E-state index is 0.649. The van der Waals surface area contributed by atoms with Crippen LogP contribution < -0.4 is 14.8 Å². The second kappa shape index (κ2) is 8.27. The summed E-state index contributed by atoms with van der Waals surface area (Å²) in [6.07, 6.45) is 3.91. The third kappa shape index (κ3) is 4.78. The Morgan fingerprint density at radius 3 is 2.39 bits per heavy atom. The van der Waals surface area contributed by atoms with Crippen LogP contribution in [0.25, 0.3) is 0 Å². The summed E-state index contributed by atoms with van der Waals surface area (Å²) in [5, 5.41) is 3.87. The van der Waals surface area contributed by atoms with Crippen molar-refractivity contribution in [1.29, 1.82) is 0 Å². The zero-order chi connectivity index (χ0) is 16.1. The van der Waals surface area contributed by atoms with Gasteiger partial charge in [-0.15, -0.1) is 0 Å². The highest BCUT2D eigenvalue weighted by atomic mass is 32.2. The summed E-state index contributed by atoms with van der Waals surface area (Å²) in [5.41, 5.74) is 1.26. The van der Waals surface area contributed by atoms with E-state index < -0.39 is 0 Å². The topological polar surface area (TPSA) is 33.7 Å². The minimum absolute atomic E-state index is 0.649. The van der Waals surface area contributed by atoms with Crippen LogP contribution in [0.1, 0.15) is 24.8 Å². The van der Waals surface area contributed by atoms with Crippen molar-refractivity contribution in [3.8, 4) is 11.5 Å². The van der Waals surface area contributed by atoms with Gasteiger partial charge in [0, 0.05) is 37.8 Å². The minimum Gasteiger partial charge on any atom is -0.497 e. The molecule has 0 aromatic heterocycles. The number of benzene rings is 1. The maximum atomic E-state index is 5.37. The van der Waals surface area contributed by atoms with Gasteiger partial charge in [-0.1, -0.05) is 0 Å². The lowest BCUT2D eigenvalue weighted by Crippen LogP contribution is -2.41. The van der Waals surface area contributed by atoms with Gasteiger partial charge in [0.25, 0.3) is 0 Å². The van der Waals surface area contributed by atoms with Gasteiger partial charge in [0.2, 0.25) is 0 Å². The number of likely N-dealkylation sites (tertiary alicyclic amines) is 1. The van der Waals surface area contributed by atoms with Crippen molar-refractivity contribution >= 4 is 11.8 Å². The monoisotopic (exact) mass is 336 g/mol. The Labute approximate surface area is 143 Å². The molecular formula is C18H28N2O2S. The number of thioether (sulfide) groups is 1. The van der Waals surface area contributed by atoms with Crippen molar-refractivity contribution in [2.45, 2.75) is 37.9 Å². The molecule has 1 aromatic rings. The number of methoxy groups -OCH3 is 2. The van der Waals surface area contributed by atoms with Crippen molar-refractivity contribution < 1.29 is 9.47 Å². The standard InChI is InChI=1S/C18H28N2O2S/c1-21-17-9-14(10-18(11-17)22-2)12-20-6-3-16(13-20)19-15-4-7-23-8-5-15/h9-11,15-16,19H,3-8,12-13H2,1-2H3/t16-/m1/s1. The third-order valence-electron chi connectivity index (χ3n) is 4.78. The maximum Gasteiger partial charge on any atom is 0.122 e. The summed E-state index contributed by atoms with van der Waals surface area (Å²) >= 11 is 2.09. The van der Waals surface area contributed by atoms with E-state index in [4.69, 9.17) is 9.47 Å². The Balaban J connectivity index is 1.53. The van der Waals surface area contributed by atoms with Crippen molar-refractivity contribution in [2.24, 2.45) is 0 Å². The molecule has 23 heavy (non-hydrogen) atoms. The van der Waals surface area contributed by atoms with Crippen LogP contribution in [-0.4, -0.2) is 55.8 Å². The molecule has 1 aromatic carbocycles. The highest BCUT2D eigenvalue weighted by Gasteiger charge is 2.25. The molecular weight excluding hydrogens is 308 g/mol. The molecule has 4 nitrogen and oxygen atoms in total. The Kier molecular flexibility index (Phi) is 6.08. The molecule has 2 heterocycles. The molecule has 1 N–H and O–H groups in total. The van der Waals surface area contributed by atoms with E-state index in [1.54, 1.807) is 14.2 Å². The molecule has 2 aliphatic heterocycles. The average Bonchev–Trinajstić information content (AvgIpc) is 3.02. The van der Waals surface area contributed by atoms with Gasteiger partial charge in [-0.3, -0.25) is 4.90 Å². The first kappa shape index (κ1) is 16.9. The fourth-order valence-electron chi connectivity index (χ4n) is 3.53. The molecule has 0 bridgehead atoms. The molecule has 0 saturated carbocycles. The molecule has 128 valence electrons. The second-order valence-corrected chi connectivity index (χ2v) is 7.72. The summed E-state index contributed by atoms with van der Waals surface area (Å²) in [7, 11) is 3.41. The number of rotatable bonds is 6. The summed E-state index contributed by atoms with van der Waals surface area (Å²) in [4.78, 5) is 2.53. The highest BCUT2D eigenvalue weighted by Crippen LogP contribution is 2.25. The predicted octanol–water partition coefficient (Wildman–Crippen LogP) is 2.76. The Bertz CT molecular complexity index is 484. The largest absolute Gasteiger partial charge is 0.497 e. The fraction of sp³-hybridized carbons (Fsp3) is 0.667. The summed E-state index contributed by atoms with van der Waals surface area (Å²) < 4.78 is 10.7. The van der Waals surface area contributed by atoms with E-state index >= 15 is 0 Å². The lowest BCUT2D eigenvalue weighted by atomic mass is 10.1. The zero-order valence-electron chi connectivity index (χ0n) is 14.2. The van der Waals surface area contributed by atoms with Gasteiger partial charge in [0.15, 0.2) is 0 Å². The molecule has 0 amide bonds. The summed E-state index contributed by atoms with van der Waals surface area (Å²) in [6, 6.07) is 7.54. The first-order valence-corrected chi connectivity index (χ1v) is 9.70. The van der Waals surface area contributed by atoms with Crippen LogP contribution in [0, 0.1) is 0 Å². The number of nitrogens with zero attached hydrogens (tertiary/aromatic N) is 1. The Morgan fingerprint density at radius 2 is 1.74 bits per heavy atom. The van der Waals surface area contributed by atoms with E-state index in [0.29, 0.717) is 6.04 Å². The van der Waals surface area contributed by atoms with Gasteiger partial charge in [0.05, 0.1) is 14.2 Å². The van der Waals surface area contributed by atoms with Gasteiger partial charge >= 0.3 is 0 Å². The van der Waals surface area contributed by atoms with Gasteiger partial charge in [-0.2, -0.15) is 11.8 Å². The van der Waals surface area contributed by atoms with Gasteiger partial charge in [0.1, 0.15) is 11.5 Å². The average molecular weight is 337 g/mol. The lowest BCUT2D eigenvalue weighted by molar-refractivity contribution is 0.310. The van der Waals surface area contributed by atoms with Crippen LogP contribution in [0.5, 0.6) is 11.5 Å². The van der Waals surface area contributed by atoms with Crippen molar-refractivity contribution in [2.75, 3.05) is 38.8 Å². The van der Waals surface area contributed by atoms with E-state index in [9.17, 15) is 0 Å². The van der Waals surface area contributed by atoms with Crippen LogP contribution in [0.3, 0.4) is 0 Å². The van der Waals surface area contributed by atoms with Gasteiger partial charge in [-0.25, -0.2) is 0 Å². The van der Waals surface area contributed by atoms with Crippen molar-refractivity contribution in [3.05, 3.63) is 23.8 Å². The van der Waals surface area contributed by atoms with E-state index in [0.717, 1.165) is 30.6 Å². The molecule has 2 aliphatic rings. The van der Waals surface area contributed by atoms with Gasteiger partial charge in [-0.05, 0) is 48.5 Å². The molecule has 0 spiro atoms. The van der Waals surface area contributed by atoms with E-state index in [1.165, 1.54) is 42.9 Å². The summed E-state index contributed by atoms with van der Waals surface area (Å²) in [5.74, 6) is 4.37. The van der Waals surface area contributed by atoms with Crippen molar-refractivity contribution in [3.63, 3.8) is 0 Å². The number of nitrogens with one attached hydrogen (secondary N) is 1. The first-order valence-electron chi connectivity index (χ1n) is 8.55. The number of ether oxygens (including phenoxy) is 2. The van der Waals surface area contributed by atoms with E-state index in [2.05, 4.69) is 34.1 Å². The highest BCUT2D eigenvalue weighted by molar-refractivity contribution is 7.99. The zero-order valence-corrected chi connectivity index (χ0v) is 15.0. The van der Waals surface area contributed by atoms with Crippen LogP contribution in [-0.2, 0) is 6.54 Å². The quantitative estimate of drug-likeness (QED) is 0.864. The molecule has 2 saturated heterocycles. The van der Waals surface area contributed by atoms with Crippen LogP contribution >= 0.6 is 11.8 Å². The lowest BCUT2D eigenvalue weighted by Gasteiger charge is -2.26. The van der Waals surface area contributed by atoms with E-state index in [-0.39, 0.29) is 0 Å². The molecule has 0 unspecified atom stereocenters. The second-order valence-electron chi connectivity index (χ2n) is 6.49. The van der Waals surface area contributed by atoms with Crippen molar-refractivity contribution in [1.82, 2.24) is 10.2 Å². The molecule has 0 aliphatic carbocycles. The maximum absolute atomic E-state index is 5.37. The SMILES string of the molecule is COc1cc(CN2CC[C@@H](NC3CCSCC3)C2)cc(OC)c1. The van der Waals surface area contributed by atoms with Crippen LogP contribution in [0.15, 0.2) is 18.2 Å². The number of hydrogen-bond donors (Lipinski definition) is 1. The van der Waals surface area contributed by atoms with Crippen LogP contribution in [0.4, 0.5) is 0 Å². The third-order valence-corrected chi connectivity index (χ3v) is 5.83. The Hall–Kier alpha value is -0.910.